The Labute approximate surface area is 155 Å². The molecule has 0 atom stereocenters. The number of primary amides is 1. The zero-order valence-corrected chi connectivity index (χ0v) is 14.6. The number of amides is 1. The third kappa shape index (κ3) is 3.59. The van der Waals surface area contributed by atoms with Gasteiger partial charge in [0.15, 0.2) is 5.82 Å². The Kier molecular flexibility index (Phi) is 4.21. The van der Waals surface area contributed by atoms with Crippen LogP contribution in [-0.2, 0) is 18.4 Å². The van der Waals surface area contributed by atoms with Gasteiger partial charge in [-0.05, 0) is 11.6 Å². The van der Waals surface area contributed by atoms with Crippen molar-refractivity contribution in [1.82, 2.24) is 29.5 Å². The molecule has 4 aromatic rings. The predicted molar refractivity (Wildman–Crippen MR) is 100 cm³/mol. The van der Waals surface area contributed by atoms with Crippen LogP contribution in [0.2, 0.25) is 0 Å². The summed E-state index contributed by atoms with van der Waals surface area (Å²) >= 11 is 0. The number of nitrogens with two attached hydrogens (primary N) is 1. The second-order valence-corrected chi connectivity index (χ2v) is 6.17. The molecule has 0 aliphatic rings. The van der Waals surface area contributed by atoms with E-state index in [1.54, 1.807) is 29.5 Å². The molecule has 0 saturated carbocycles. The molecule has 134 valence electrons. The fourth-order valence-corrected chi connectivity index (χ4v) is 2.79. The zero-order valence-electron chi connectivity index (χ0n) is 14.6. The van der Waals surface area contributed by atoms with Crippen LogP contribution >= 0.6 is 0 Å². The van der Waals surface area contributed by atoms with Crippen LogP contribution in [0.4, 0.5) is 0 Å². The second kappa shape index (κ2) is 6.83. The molecule has 8 heteroatoms. The molecule has 0 saturated heterocycles. The number of aryl methyl sites for hydroxylation is 1. The van der Waals surface area contributed by atoms with Crippen molar-refractivity contribution in [3.05, 3.63) is 61.4 Å². The van der Waals surface area contributed by atoms with Crippen LogP contribution in [-0.4, -0.2) is 35.4 Å². The van der Waals surface area contributed by atoms with Crippen LogP contribution in [0.5, 0.6) is 0 Å². The molecule has 1 aromatic carbocycles. The molecule has 4 rings (SSSR count). The fourth-order valence-electron chi connectivity index (χ4n) is 2.79. The SMILES string of the molecule is Cn1cc(-c2cccc(-c3ncc(-c4cnn(CC(N)=O)c4)cn3)c2)cn1. The van der Waals surface area contributed by atoms with Gasteiger partial charge in [0, 0.05) is 54.1 Å². The smallest absolute Gasteiger partial charge is 0.239 e. The van der Waals surface area contributed by atoms with Crippen molar-refractivity contribution in [2.24, 2.45) is 12.8 Å². The summed E-state index contributed by atoms with van der Waals surface area (Å²) in [6.07, 6.45) is 10.7. The minimum absolute atomic E-state index is 0.0417. The average molecular weight is 359 g/mol. The Bertz CT molecular complexity index is 1100. The normalized spacial score (nSPS) is 10.9. The van der Waals surface area contributed by atoms with Gasteiger partial charge in [-0.3, -0.25) is 14.2 Å². The molecular weight excluding hydrogens is 342 g/mol. The van der Waals surface area contributed by atoms with E-state index < -0.39 is 5.91 Å². The van der Waals surface area contributed by atoms with E-state index in [-0.39, 0.29) is 6.54 Å². The summed E-state index contributed by atoms with van der Waals surface area (Å²) in [5, 5.41) is 8.32. The molecule has 0 unspecified atom stereocenters. The number of carbonyl (C=O) groups is 1. The molecule has 3 aromatic heterocycles. The van der Waals surface area contributed by atoms with Crippen molar-refractivity contribution in [3.8, 4) is 33.6 Å². The first-order valence-electron chi connectivity index (χ1n) is 8.31. The van der Waals surface area contributed by atoms with Crippen molar-refractivity contribution in [2.75, 3.05) is 0 Å². The number of hydrogen-bond donors (Lipinski definition) is 1. The molecule has 0 fully saturated rings. The third-order valence-electron chi connectivity index (χ3n) is 4.10. The number of rotatable bonds is 5. The summed E-state index contributed by atoms with van der Waals surface area (Å²) < 4.78 is 3.26. The summed E-state index contributed by atoms with van der Waals surface area (Å²) in [5.41, 5.74) is 9.85. The molecule has 0 bridgehead atoms. The fraction of sp³-hybridized carbons (Fsp3) is 0.105. The van der Waals surface area contributed by atoms with Crippen molar-refractivity contribution in [2.45, 2.75) is 6.54 Å². The van der Waals surface area contributed by atoms with Gasteiger partial charge in [0.05, 0.1) is 12.4 Å². The lowest BCUT2D eigenvalue weighted by molar-refractivity contribution is -0.118. The predicted octanol–water partition coefficient (Wildman–Crippen LogP) is 1.89. The Morgan fingerprint density at radius 3 is 2.33 bits per heavy atom. The lowest BCUT2D eigenvalue weighted by Crippen LogP contribution is -2.18. The first-order chi connectivity index (χ1) is 13.1. The standard InChI is InChI=1S/C19H17N7O/c1-25-10-16(8-23-25)13-3-2-4-14(5-13)19-21-6-15(7-22-19)17-9-24-26(11-17)12-18(20)27/h2-11H,12H2,1H3,(H2,20,27). The highest BCUT2D eigenvalue weighted by molar-refractivity contribution is 5.74. The van der Waals surface area contributed by atoms with Gasteiger partial charge in [-0.2, -0.15) is 10.2 Å². The molecule has 0 spiro atoms. The molecule has 1 amide bonds. The topological polar surface area (TPSA) is 105 Å². The first-order valence-corrected chi connectivity index (χ1v) is 8.31. The molecule has 0 radical (unpaired) electrons. The van der Waals surface area contributed by atoms with Gasteiger partial charge >= 0.3 is 0 Å². The van der Waals surface area contributed by atoms with E-state index in [4.69, 9.17) is 5.73 Å². The Morgan fingerprint density at radius 2 is 1.63 bits per heavy atom. The number of benzene rings is 1. The van der Waals surface area contributed by atoms with Crippen LogP contribution in [0.1, 0.15) is 0 Å². The minimum atomic E-state index is -0.440. The maximum absolute atomic E-state index is 11.0. The zero-order chi connectivity index (χ0) is 18.8. The molecule has 0 aliphatic heterocycles. The van der Waals surface area contributed by atoms with Crippen molar-refractivity contribution < 1.29 is 4.79 Å². The van der Waals surface area contributed by atoms with E-state index in [9.17, 15) is 4.79 Å². The van der Waals surface area contributed by atoms with E-state index in [2.05, 4.69) is 20.2 Å². The van der Waals surface area contributed by atoms with Crippen LogP contribution in [0.15, 0.2) is 61.4 Å². The van der Waals surface area contributed by atoms with Crippen LogP contribution < -0.4 is 5.73 Å². The molecule has 3 heterocycles. The Morgan fingerprint density at radius 1 is 0.926 bits per heavy atom. The summed E-state index contributed by atoms with van der Waals surface area (Å²) in [4.78, 5) is 19.9. The highest BCUT2D eigenvalue weighted by Crippen LogP contribution is 2.25. The van der Waals surface area contributed by atoms with E-state index in [0.29, 0.717) is 5.82 Å². The van der Waals surface area contributed by atoms with Gasteiger partial charge in [0.25, 0.3) is 0 Å². The van der Waals surface area contributed by atoms with E-state index in [0.717, 1.165) is 27.8 Å². The number of hydrogen-bond acceptors (Lipinski definition) is 5. The van der Waals surface area contributed by atoms with Crippen molar-refractivity contribution in [1.29, 1.82) is 0 Å². The van der Waals surface area contributed by atoms with Crippen LogP contribution in [0.25, 0.3) is 33.6 Å². The molecule has 0 aliphatic carbocycles. The largest absolute Gasteiger partial charge is 0.368 e. The van der Waals surface area contributed by atoms with Crippen molar-refractivity contribution in [3.63, 3.8) is 0 Å². The maximum Gasteiger partial charge on any atom is 0.239 e. The lowest BCUT2D eigenvalue weighted by atomic mass is 10.1. The number of carbonyl (C=O) groups excluding carboxylic acids is 1. The van der Waals surface area contributed by atoms with E-state index in [1.807, 2.05) is 43.7 Å². The van der Waals surface area contributed by atoms with E-state index >= 15 is 0 Å². The van der Waals surface area contributed by atoms with Gasteiger partial charge < -0.3 is 5.73 Å². The second-order valence-electron chi connectivity index (χ2n) is 6.17. The Balaban J connectivity index is 1.59. The van der Waals surface area contributed by atoms with E-state index in [1.165, 1.54) is 4.68 Å². The summed E-state index contributed by atoms with van der Waals surface area (Å²) in [6, 6.07) is 8.02. The summed E-state index contributed by atoms with van der Waals surface area (Å²) in [5.74, 6) is 0.193. The van der Waals surface area contributed by atoms with Gasteiger partial charge in [0.1, 0.15) is 6.54 Å². The van der Waals surface area contributed by atoms with Gasteiger partial charge in [0.2, 0.25) is 5.91 Å². The highest BCUT2D eigenvalue weighted by atomic mass is 16.1. The Hall–Kier alpha value is -3.81. The molecule has 2 N–H and O–H groups in total. The number of aromatic nitrogens is 6. The number of nitrogens with zero attached hydrogens (tertiary/aromatic N) is 6. The van der Waals surface area contributed by atoms with Crippen molar-refractivity contribution >= 4 is 5.91 Å². The molecule has 27 heavy (non-hydrogen) atoms. The lowest BCUT2D eigenvalue weighted by Gasteiger charge is -2.04. The average Bonchev–Trinajstić information content (AvgIpc) is 3.31. The summed E-state index contributed by atoms with van der Waals surface area (Å²) in [6.45, 7) is 0.0417. The minimum Gasteiger partial charge on any atom is -0.368 e. The van der Waals surface area contributed by atoms with Gasteiger partial charge in [-0.25, -0.2) is 9.97 Å². The maximum atomic E-state index is 11.0. The van der Waals surface area contributed by atoms with Crippen LogP contribution in [0.3, 0.4) is 0 Å². The highest BCUT2D eigenvalue weighted by Gasteiger charge is 2.08. The van der Waals surface area contributed by atoms with Crippen LogP contribution in [0, 0.1) is 0 Å². The summed E-state index contributed by atoms with van der Waals surface area (Å²) in [7, 11) is 1.89. The molecule has 8 nitrogen and oxygen atoms in total. The van der Waals surface area contributed by atoms with Gasteiger partial charge in [-0.1, -0.05) is 18.2 Å². The first kappa shape index (κ1) is 16.6. The van der Waals surface area contributed by atoms with Gasteiger partial charge in [-0.15, -0.1) is 0 Å². The monoisotopic (exact) mass is 359 g/mol. The quantitative estimate of drug-likeness (QED) is 0.586. The molecular formula is C19H17N7O. The third-order valence-corrected chi connectivity index (χ3v) is 4.10.